The van der Waals surface area contributed by atoms with Crippen molar-refractivity contribution in [2.24, 2.45) is 0 Å². The summed E-state index contributed by atoms with van der Waals surface area (Å²) >= 11 is 6.02. The highest BCUT2D eigenvalue weighted by Gasteiger charge is 2.27. The van der Waals surface area contributed by atoms with E-state index in [4.69, 9.17) is 11.6 Å². The lowest BCUT2D eigenvalue weighted by molar-refractivity contribution is -0.116. The molecule has 0 radical (unpaired) electrons. The Kier molecular flexibility index (Phi) is 6.87. The molecule has 3 aromatic carbocycles. The first-order chi connectivity index (χ1) is 14.2. The van der Waals surface area contributed by atoms with E-state index < -0.39 is 28.3 Å². The van der Waals surface area contributed by atoms with Gasteiger partial charge >= 0.3 is 0 Å². The number of anilines is 1. The van der Waals surface area contributed by atoms with Gasteiger partial charge in [-0.25, -0.2) is 12.8 Å². The molecule has 0 aliphatic heterocycles. The van der Waals surface area contributed by atoms with Gasteiger partial charge < -0.3 is 5.32 Å². The van der Waals surface area contributed by atoms with E-state index in [1.807, 2.05) is 6.92 Å². The van der Waals surface area contributed by atoms with Crippen molar-refractivity contribution in [2.45, 2.75) is 18.4 Å². The highest BCUT2D eigenvalue weighted by Crippen LogP contribution is 2.21. The van der Waals surface area contributed by atoms with Gasteiger partial charge in [0.2, 0.25) is 15.9 Å². The van der Waals surface area contributed by atoms with Gasteiger partial charge in [0, 0.05) is 17.3 Å². The van der Waals surface area contributed by atoms with Gasteiger partial charge in [0.05, 0.1) is 11.4 Å². The third-order valence-corrected chi connectivity index (χ3v) is 6.40. The monoisotopic (exact) mass is 446 g/mol. The molecule has 0 atom stereocenters. The van der Waals surface area contributed by atoms with Crippen molar-refractivity contribution >= 4 is 33.2 Å². The predicted molar refractivity (Wildman–Crippen MR) is 115 cm³/mol. The molecule has 0 unspecified atom stereocenters. The van der Waals surface area contributed by atoms with Crippen LogP contribution in [0.15, 0.2) is 77.7 Å². The standard InChI is InChI=1S/C22H20ClFN2O3S/c1-16-5-11-21(12-6-16)30(28,29)26(14-17-3-2-4-18(23)13-17)15-22(27)25-20-9-7-19(24)8-10-20/h2-13H,14-15H2,1H3,(H,25,27). The lowest BCUT2D eigenvalue weighted by Crippen LogP contribution is -2.37. The topological polar surface area (TPSA) is 66.5 Å². The Labute approximate surface area is 180 Å². The molecule has 30 heavy (non-hydrogen) atoms. The first kappa shape index (κ1) is 22.0. The van der Waals surface area contributed by atoms with Gasteiger partial charge in [-0.3, -0.25) is 4.79 Å². The van der Waals surface area contributed by atoms with Gasteiger partial charge in [-0.1, -0.05) is 41.4 Å². The summed E-state index contributed by atoms with van der Waals surface area (Å²) in [5.41, 5.74) is 1.94. The Morgan fingerprint density at radius 2 is 1.70 bits per heavy atom. The van der Waals surface area contributed by atoms with Crippen LogP contribution in [0.3, 0.4) is 0 Å². The number of benzene rings is 3. The zero-order chi connectivity index (χ0) is 21.7. The average Bonchev–Trinajstić information content (AvgIpc) is 2.69. The molecule has 0 spiro atoms. The Morgan fingerprint density at radius 3 is 2.33 bits per heavy atom. The molecule has 0 heterocycles. The minimum atomic E-state index is -3.95. The van der Waals surface area contributed by atoms with Crippen LogP contribution in [-0.4, -0.2) is 25.2 Å². The molecule has 1 amide bonds. The van der Waals surface area contributed by atoms with Gasteiger partial charge in [0.1, 0.15) is 5.82 Å². The zero-order valence-electron chi connectivity index (χ0n) is 16.2. The van der Waals surface area contributed by atoms with Crippen LogP contribution in [-0.2, 0) is 21.4 Å². The van der Waals surface area contributed by atoms with Gasteiger partial charge in [-0.05, 0) is 61.0 Å². The van der Waals surface area contributed by atoms with E-state index in [1.54, 1.807) is 36.4 Å². The van der Waals surface area contributed by atoms with Gasteiger partial charge in [-0.2, -0.15) is 4.31 Å². The fraction of sp³-hybridized carbons (Fsp3) is 0.136. The Balaban J connectivity index is 1.87. The number of nitrogens with one attached hydrogen (secondary N) is 1. The number of carbonyl (C=O) groups is 1. The summed E-state index contributed by atoms with van der Waals surface area (Å²) in [6.07, 6.45) is 0. The maximum absolute atomic E-state index is 13.2. The second-order valence-electron chi connectivity index (χ2n) is 6.77. The van der Waals surface area contributed by atoms with Crippen molar-refractivity contribution in [3.63, 3.8) is 0 Å². The van der Waals surface area contributed by atoms with Crippen LogP contribution < -0.4 is 5.32 Å². The summed E-state index contributed by atoms with van der Waals surface area (Å²) in [4.78, 5) is 12.6. The summed E-state index contributed by atoms with van der Waals surface area (Å²) in [5, 5.41) is 3.06. The molecule has 3 aromatic rings. The molecule has 1 N–H and O–H groups in total. The van der Waals surface area contributed by atoms with Crippen LogP contribution in [0.2, 0.25) is 5.02 Å². The molecule has 0 saturated carbocycles. The van der Waals surface area contributed by atoms with E-state index >= 15 is 0 Å². The van der Waals surface area contributed by atoms with Crippen molar-refractivity contribution < 1.29 is 17.6 Å². The third-order valence-electron chi connectivity index (χ3n) is 4.35. The largest absolute Gasteiger partial charge is 0.325 e. The number of sulfonamides is 1. The number of nitrogens with zero attached hydrogens (tertiary/aromatic N) is 1. The van der Waals surface area contributed by atoms with E-state index in [2.05, 4.69) is 5.32 Å². The van der Waals surface area contributed by atoms with Crippen LogP contribution in [0, 0.1) is 12.7 Å². The number of amides is 1. The predicted octanol–water partition coefficient (Wildman–Crippen LogP) is 4.62. The van der Waals surface area contributed by atoms with Crippen LogP contribution in [0.5, 0.6) is 0 Å². The molecular weight excluding hydrogens is 427 g/mol. The van der Waals surface area contributed by atoms with E-state index in [-0.39, 0.29) is 11.4 Å². The highest BCUT2D eigenvalue weighted by molar-refractivity contribution is 7.89. The Morgan fingerprint density at radius 1 is 1.03 bits per heavy atom. The molecule has 3 rings (SSSR count). The first-order valence-corrected chi connectivity index (χ1v) is 10.9. The summed E-state index contributed by atoms with van der Waals surface area (Å²) in [6.45, 7) is 1.41. The molecular formula is C22H20ClFN2O3S. The fourth-order valence-electron chi connectivity index (χ4n) is 2.82. The lowest BCUT2D eigenvalue weighted by Gasteiger charge is -2.22. The van der Waals surface area contributed by atoms with E-state index in [0.717, 1.165) is 9.87 Å². The molecule has 0 saturated heterocycles. The summed E-state index contributed by atoms with van der Waals surface area (Å²) in [5.74, 6) is -0.975. The quantitative estimate of drug-likeness (QED) is 0.576. The maximum atomic E-state index is 13.2. The van der Waals surface area contributed by atoms with Crippen LogP contribution in [0.25, 0.3) is 0 Å². The van der Waals surface area contributed by atoms with Crippen molar-refractivity contribution in [3.8, 4) is 0 Å². The summed E-state index contributed by atoms with van der Waals surface area (Å²) < 4.78 is 40.6. The molecule has 0 bridgehead atoms. The third kappa shape index (κ3) is 5.66. The summed E-state index contributed by atoms with van der Waals surface area (Å²) in [6, 6.07) is 18.4. The average molecular weight is 447 g/mol. The lowest BCUT2D eigenvalue weighted by atomic mass is 10.2. The normalized spacial score (nSPS) is 11.5. The van der Waals surface area contributed by atoms with Crippen molar-refractivity contribution in [1.29, 1.82) is 0 Å². The number of hydrogen-bond donors (Lipinski definition) is 1. The first-order valence-electron chi connectivity index (χ1n) is 9.11. The molecule has 0 fully saturated rings. The van der Waals surface area contributed by atoms with Gasteiger partial charge in [0.15, 0.2) is 0 Å². The van der Waals surface area contributed by atoms with Crippen LogP contribution >= 0.6 is 11.6 Å². The maximum Gasteiger partial charge on any atom is 0.243 e. The van der Waals surface area contributed by atoms with Gasteiger partial charge in [-0.15, -0.1) is 0 Å². The number of carbonyl (C=O) groups excluding carboxylic acids is 1. The number of halogens is 2. The second kappa shape index (κ2) is 9.38. The molecule has 156 valence electrons. The Bertz CT molecular complexity index is 1130. The fourth-order valence-corrected chi connectivity index (χ4v) is 4.42. The molecule has 0 aliphatic rings. The number of aryl methyl sites for hydroxylation is 1. The molecule has 5 nitrogen and oxygen atoms in total. The molecule has 8 heteroatoms. The van der Waals surface area contributed by atoms with E-state index in [0.29, 0.717) is 16.3 Å². The minimum Gasteiger partial charge on any atom is -0.325 e. The summed E-state index contributed by atoms with van der Waals surface area (Å²) in [7, 11) is -3.95. The molecule has 0 aliphatic carbocycles. The van der Waals surface area contributed by atoms with Crippen molar-refractivity contribution in [3.05, 3.63) is 94.8 Å². The molecule has 0 aromatic heterocycles. The number of hydrogen-bond acceptors (Lipinski definition) is 3. The van der Waals surface area contributed by atoms with Crippen LogP contribution in [0.4, 0.5) is 10.1 Å². The van der Waals surface area contributed by atoms with E-state index in [1.165, 1.54) is 36.4 Å². The minimum absolute atomic E-state index is 0.0341. The van der Waals surface area contributed by atoms with Crippen molar-refractivity contribution in [1.82, 2.24) is 4.31 Å². The number of rotatable bonds is 7. The van der Waals surface area contributed by atoms with Crippen molar-refractivity contribution in [2.75, 3.05) is 11.9 Å². The highest BCUT2D eigenvalue weighted by atomic mass is 35.5. The zero-order valence-corrected chi connectivity index (χ0v) is 17.8. The van der Waals surface area contributed by atoms with Gasteiger partial charge in [0.25, 0.3) is 0 Å². The smallest absolute Gasteiger partial charge is 0.243 e. The Hall–Kier alpha value is -2.74. The van der Waals surface area contributed by atoms with Crippen LogP contribution in [0.1, 0.15) is 11.1 Å². The SMILES string of the molecule is Cc1ccc(S(=O)(=O)N(CC(=O)Nc2ccc(F)cc2)Cc2cccc(Cl)c2)cc1. The van der Waals surface area contributed by atoms with E-state index in [9.17, 15) is 17.6 Å². The second-order valence-corrected chi connectivity index (χ2v) is 9.15.